The molecule has 0 bridgehead atoms. The van der Waals surface area contributed by atoms with Crippen LogP contribution in [0.5, 0.6) is 0 Å². The number of nitrogens with two attached hydrogens (primary N) is 1. The minimum absolute atomic E-state index is 0.333. The molecule has 1 saturated heterocycles. The lowest BCUT2D eigenvalue weighted by molar-refractivity contribution is 0.0841. The first-order chi connectivity index (χ1) is 7.71. The summed E-state index contributed by atoms with van der Waals surface area (Å²) in [6.07, 6.45) is 5.81. The number of piperidine rings is 1. The highest BCUT2D eigenvalue weighted by Crippen LogP contribution is 2.49. The second kappa shape index (κ2) is 4.73. The zero-order chi connectivity index (χ0) is 11.6. The zero-order valence-corrected chi connectivity index (χ0v) is 10.3. The summed E-state index contributed by atoms with van der Waals surface area (Å²) in [5, 5.41) is 8.85. The van der Waals surface area contributed by atoms with E-state index >= 15 is 0 Å². The summed E-state index contributed by atoms with van der Waals surface area (Å²) < 4.78 is 0. The molecule has 2 aliphatic rings. The topological polar surface area (TPSA) is 53.0 Å². The number of rotatable bonds is 4. The minimum Gasteiger partial charge on any atom is -0.329 e. The first-order valence-corrected chi connectivity index (χ1v) is 6.52. The maximum atomic E-state index is 8.85. The van der Waals surface area contributed by atoms with Crippen LogP contribution in [-0.4, -0.2) is 30.6 Å². The molecule has 1 aliphatic carbocycles. The van der Waals surface area contributed by atoms with Gasteiger partial charge in [-0.25, -0.2) is 0 Å². The van der Waals surface area contributed by atoms with Gasteiger partial charge >= 0.3 is 0 Å². The Bertz CT molecular complexity index is 277. The molecular formula is C13H23N3. The Labute approximate surface area is 98.6 Å². The molecule has 90 valence electrons. The van der Waals surface area contributed by atoms with Gasteiger partial charge in [-0.1, -0.05) is 6.92 Å². The molecule has 0 radical (unpaired) electrons. The van der Waals surface area contributed by atoms with Gasteiger partial charge in [0.25, 0.3) is 0 Å². The zero-order valence-electron chi connectivity index (χ0n) is 10.3. The van der Waals surface area contributed by atoms with E-state index in [9.17, 15) is 0 Å². The fourth-order valence-electron chi connectivity index (χ4n) is 3.08. The molecule has 2 rings (SSSR count). The fraction of sp³-hybridized carbons (Fsp3) is 0.923. The van der Waals surface area contributed by atoms with Crippen molar-refractivity contribution in [3.8, 4) is 6.07 Å². The molecule has 0 aromatic carbocycles. The summed E-state index contributed by atoms with van der Waals surface area (Å²) in [7, 11) is 0. The van der Waals surface area contributed by atoms with Gasteiger partial charge < -0.3 is 5.73 Å². The first kappa shape index (κ1) is 11.9. The van der Waals surface area contributed by atoms with Crippen molar-refractivity contribution >= 4 is 0 Å². The van der Waals surface area contributed by atoms with Crippen LogP contribution in [0.15, 0.2) is 0 Å². The summed E-state index contributed by atoms with van der Waals surface area (Å²) in [6.45, 7) is 5.36. The van der Waals surface area contributed by atoms with E-state index < -0.39 is 0 Å². The number of nitriles is 1. The van der Waals surface area contributed by atoms with Crippen LogP contribution in [0.1, 0.15) is 39.0 Å². The SMILES string of the molecule is CC1CCCN(CC2(CC#N)CC2)C1CN. The first-order valence-electron chi connectivity index (χ1n) is 6.52. The molecule has 2 N–H and O–H groups in total. The van der Waals surface area contributed by atoms with Gasteiger partial charge in [-0.05, 0) is 43.6 Å². The lowest BCUT2D eigenvalue weighted by Crippen LogP contribution is -2.50. The Morgan fingerprint density at radius 2 is 2.25 bits per heavy atom. The molecule has 0 amide bonds. The van der Waals surface area contributed by atoms with Crippen molar-refractivity contribution in [1.82, 2.24) is 4.90 Å². The van der Waals surface area contributed by atoms with Crippen LogP contribution in [0.25, 0.3) is 0 Å². The van der Waals surface area contributed by atoms with E-state index in [4.69, 9.17) is 11.0 Å². The molecule has 2 unspecified atom stereocenters. The Balaban J connectivity index is 1.95. The number of hydrogen-bond acceptors (Lipinski definition) is 3. The van der Waals surface area contributed by atoms with Gasteiger partial charge in [0, 0.05) is 25.6 Å². The Hall–Kier alpha value is -0.590. The highest BCUT2D eigenvalue weighted by Gasteiger charge is 2.45. The van der Waals surface area contributed by atoms with Crippen molar-refractivity contribution in [3.05, 3.63) is 0 Å². The van der Waals surface area contributed by atoms with Gasteiger partial charge in [0.1, 0.15) is 0 Å². The summed E-state index contributed by atoms with van der Waals surface area (Å²) >= 11 is 0. The standard InChI is InChI=1S/C13H23N3/c1-11-3-2-8-16(12(11)9-15)10-13(4-5-13)6-7-14/h11-12H,2-6,8-10,15H2,1H3. The minimum atomic E-state index is 0.333. The van der Waals surface area contributed by atoms with Gasteiger partial charge in [-0.15, -0.1) is 0 Å². The molecule has 3 heteroatoms. The smallest absolute Gasteiger partial charge is 0.0628 e. The molecule has 3 nitrogen and oxygen atoms in total. The lowest BCUT2D eigenvalue weighted by Gasteiger charge is -2.41. The summed E-state index contributed by atoms with van der Waals surface area (Å²) in [5.74, 6) is 0.719. The predicted octanol–water partition coefficient (Wildman–Crippen LogP) is 1.74. The van der Waals surface area contributed by atoms with E-state index in [-0.39, 0.29) is 0 Å². The number of likely N-dealkylation sites (tertiary alicyclic amines) is 1. The number of nitrogens with zero attached hydrogens (tertiary/aromatic N) is 2. The largest absolute Gasteiger partial charge is 0.329 e. The monoisotopic (exact) mass is 221 g/mol. The number of hydrogen-bond donors (Lipinski definition) is 1. The molecule has 0 aromatic rings. The molecule has 16 heavy (non-hydrogen) atoms. The average molecular weight is 221 g/mol. The van der Waals surface area contributed by atoms with Gasteiger partial charge in [-0.3, -0.25) is 4.90 Å². The Morgan fingerprint density at radius 3 is 2.81 bits per heavy atom. The Kier molecular flexibility index (Phi) is 3.51. The van der Waals surface area contributed by atoms with Gasteiger partial charge in [0.05, 0.1) is 6.07 Å². The highest BCUT2D eigenvalue weighted by molar-refractivity contribution is 5.02. The van der Waals surface area contributed by atoms with Crippen LogP contribution in [0, 0.1) is 22.7 Å². The van der Waals surface area contributed by atoms with Crippen molar-refractivity contribution < 1.29 is 0 Å². The van der Waals surface area contributed by atoms with Crippen molar-refractivity contribution in [3.63, 3.8) is 0 Å². The molecule has 2 fully saturated rings. The summed E-state index contributed by atoms with van der Waals surface area (Å²) in [5.41, 5.74) is 6.22. The van der Waals surface area contributed by atoms with Crippen LogP contribution >= 0.6 is 0 Å². The summed E-state index contributed by atoms with van der Waals surface area (Å²) in [6, 6.07) is 2.89. The van der Waals surface area contributed by atoms with E-state index in [2.05, 4.69) is 17.9 Å². The molecule has 2 atom stereocenters. The van der Waals surface area contributed by atoms with Gasteiger partial charge in [0.2, 0.25) is 0 Å². The van der Waals surface area contributed by atoms with Crippen molar-refractivity contribution in [2.45, 2.75) is 45.1 Å². The van der Waals surface area contributed by atoms with Gasteiger partial charge in [-0.2, -0.15) is 5.26 Å². The van der Waals surface area contributed by atoms with Crippen LogP contribution in [0.3, 0.4) is 0 Å². The third kappa shape index (κ3) is 2.39. The molecule has 0 spiro atoms. The molecule has 1 heterocycles. The quantitative estimate of drug-likeness (QED) is 0.786. The molecule has 1 saturated carbocycles. The molecule has 1 aliphatic heterocycles. The summed E-state index contributed by atoms with van der Waals surface area (Å²) in [4.78, 5) is 2.55. The van der Waals surface area contributed by atoms with E-state index in [1.54, 1.807) is 0 Å². The highest BCUT2D eigenvalue weighted by atomic mass is 15.2. The van der Waals surface area contributed by atoms with E-state index in [1.807, 2.05) is 0 Å². The van der Waals surface area contributed by atoms with Crippen LogP contribution in [0.2, 0.25) is 0 Å². The normalized spacial score (nSPS) is 33.3. The maximum absolute atomic E-state index is 8.85. The van der Waals surface area contributed by atoms with Gasteiger partial charge in [0.15, 0.2) is 0 Å². The Morgan fingerprint density at radius 1 is 1.50 bits per heavy atom. The van der Waals surface area contributed by atoms with Crippen molar-refractivity contribution in [2.75, 3.05) is 19.6 Å². The maximum Gasteiger partial charge on any atom is 0.0628 e. The molecule has 0 aromatic heterocycles. The van der Waals surface area contributed by atoms with Crippen molar-refractivity contribution in [1.29, 1.82) is 5.26 Å². The average Bonchev–Trinajstić information content (AvgIpc) is 2.99. The third-order valence-corrected chi connectivity index (χ3v) is 4.42. The third-order valence-electron chi connectivity index (χ3n) is 4.42. The second-order valence-corrected chi connectivity index (χ2v) is 5.73. The molecular weight excluding hydrogens is 198 g/mol. The van der Waals surface area contributed by atoms with Crippen LogP contribution < -0.4 is 5.73 Å². The van der Waals surface area contributed by atoms with Crippen LogP contribution in [-0.2, 0) is 0 Å². The second-order valence-electron chi connectivity index (χ2n) is 5.73. The lowest BCUT2D eigenvalue weighted by atomic mass is 9.89. The predicted molar refractivity (Wildman–Crippen MR) is 64.7 cm³/mol. The van der Waals surface area contributed by atoms with E-state index in [0.717, 1.165) is 25.4 Å². The van der Waals surface area contributed by atoms with Crippen LogP contribution in [0.4, 0.5) is 0 Å². The van der Waals surface area contributed by atoms with E-state index in [1.165, 1.54) is 32.2 Å². The fourth-order valence-corrected chi connectivity index (χ4v) is 3.08. The van der Waals surface area contributed by atoms with Crippen molar-refractivity contribution in [2.24, 2.45) is 17.1 Å². The van der Waals surface area contributed by atoms with E-state index in [0.29, 0.717) is 11.5 Å².